The van der Waals surface area contributed by atoms with Gasteiger partial charge in [0.15, 0.2) is 0 Å². The molecule has 3 rings (SSSR count). The second-order valence-corrected chi connectivity index (χ2v) is 6.91. The van der Waals surface area contributed by atoms with Gasteiger partial charge in [-0.2, -0.15) is 0 Å². The summed E-state index contributed by atoms with van der Waals surface area (Å²) in [6.07, 6.45) is 2.50. The molecule has 6 nitrogen and oxygen atoms in total. The number of primary amides is 1. The van der Waals surface area contributed by atoms with E-state index in [1.807, 2.05) is 0 Å². The third kappa shape index (κ3) is 5.79. The first-order valence-electron chi connectivity index (χ1n) is 9.33. The van der Waals surface area contributed by atoms with Gasteiger partial charge >= 0.3 is 0 Å². The predicted molar refractivity (Wildman–Crippen MR) is 103 cm³/mol. The normalized spacial score (nSPS) is 15.2. The molecule has 148 valence electrons. The third-order valence-corrected chi connectivity index (χ3v) is 4.66. The number of amides is 2. The largest absolute Gasteiger partial charge is 0.457 e. The molecule has 1 aliphatic rings. The highest BCUT2D eigenvalue weighted by atomic mass is 19.1. The minimum atomic E-state index is -0.765. The zero-order valence-corrected chi connectivity index (χ0v) is 15.6. The number of halogens is 1. The van der Waals surface area contributed by atoms with Crippen LogP contribution < -0.4 is 15.8 Å². The van der Waals surface area contributed by atoms with Crippen LogP contribution in [0.25, 0.3) is 0 Å². The molecule has 1 aliphatic heterocycles. The van der Waals surface area contributed by atoms with Gasteiger partial charge in [-0.15, -0.1) is 0 Å². The summed E-state index contributed by atoms with van der Waals surface area (Å²) in [6.45, 7) is 2.10. The number of carbonyl (C=O) groups is 2. The van der Waals surface area contributed by atoms with E-state index in [1.54, 1.807) is 36.4 Å². The van der Waals surface area contributed by atoms with Crippen molar-refractivity contribution in [2.45, 2.75) is 25.3 Å². The van der Waals surface area contributed by atoms with Gasteiger partial charge in [0.2, 0.25) is 11.8 Å². The van der Waals surface area contributed by atoms with Gasteiger partial charge in [0.05, 0.1) is 6.54 Å². The fourth-order valence-electron chi connectivity index (χ4n) is 3.17. The van der Waals surface area contributed by atoms with E-state index in [0.717, 1.165) is 31.5 Å². The van der Waals surface area contributed by atoms with Crippen molar-refractivity contribution in [3.8, 4) is 11.5 Å². The lowest BCUT2D eigenvalue weighted by atomic mass is 10.1. The predicted octanol–water partition coefficient (Wildman–Crippen LogP) is 2.23. The minimum absolute atomic E-state index is 0.193. The highest BCUT2D eigenvalue weighted by molar-refractivity contribution is 5.87. The topological polar surface area (TPSA) is 84.7 Å². The van der Waals surface area contributed by atoms with Gasteiger partial charge in [-0.3, -0.25) is 14.5 Å². The Morgan fingerprint density at radius 3 is 2.18 bits per heavy atom. The molecule has 2 amide bonds. The zero-order valence-electron chi connectivity index (χ0n) is 15.6. The Morgan fingerprint density at radius 2 is 1.61 bits per heavy atom. The molecule has 7 heteroatoms. The fraction of sp³-hybridized carbons (Fsp3) is 0.333. The van der Waals surface area contributed by atoms with Crippen LogP contribution in [0.5, 0.6) is 11.5 Å². The molecule has 0 aliphatic carbocycles. The molecule has 3 N–H and O–H groups in total. The number of nitrogens with zero attached hydrogens (tertiary/aromatic N) is 1. The molecule has 0 aromatic heterocycles. The Morgan fingerprint density at radius 1 is 1.04 bits per heavy atom. The monoisotopic (exact) mass is 385 g/mol. The number of likely N-dealkylation sites (tertiary alicyclic amines) is 1. The standard InChI is InChI=1S/C21H24FN3O3/c22-16-5-9-18(10-6-16)28-17-7-3-15(4-8-17)13-19(21(23)27)24-20(26)14-25-11-1-2-12-25/h3-10,19H,1-2,11-14H2,(H2,23,27)(H,24,26). The van der Waals surface area contributed by atoms with Crippen LogP contribution in [0.15, 0.2) is 48.5 Å². The summed E-state index contributed by atoms with van der Waals surface area (Å²) < 4.78 is 18.6. The Hall–Kier alpha value is -2.93. The van der Waals surface area contributed by atoms with Gasteiger partial charge in [0.25, 0.3) is 0 Å². The maximum absolute atomic E-state index is 12.9. The van der Waals surface area contributed by atoms with E-state index in [4.69, 9.17) is 10.5 Å². The maximum Gasteiger partial charge on any atom is 0.240 e. The maximum atomic E-state index is 12.9. The first-order chi connectivity index (χ1) is 13.5. The van der Waals surface area contributed by atoms with Crippen molar-refractivity contribution in [1.29, 1.82) is 0 Å². The van der Waals surface area contributed by atoms with E-state index < -0.39 is 11.9 Å². The first-order valence-corrected chi connectivity index (χ1v) is 9.33. The second kappa shape index (κ2) is 9.32. The van der Waals surface area contributed by atoms with Crippen LogP contribution >= 0.6 is 0 Å². The number of hydrogen-bond donors (Lipinski definition) is 2. The summed E-state index contributed by atoms with van der Waals surface area (Å²) in [5.74, 6) is 0.0257. The van der Waals surface area contributed by atoms with E-state index in [1.165, 1.54) is 12.1 Å². The summed E-state index contributed by atoms with van der Waals surface area (Å²) in [5.41, 5.74) is 6.31. The lowest BCUT2D eigenvalue weighted by molar-refractivity contribution is -0.127. The van der Waals surface area contributed by atoms with Crippen molar-refractivity contribution in [2.75, 3.05) is 19.6 Å². The van der Waals surface area contributed by atoms with Crippen LogP contribution in [-0.4, -0.2) is 42.4 Å². The molecule has 1 unspecified atom stereocenters. The summed E-state index contributed by atoms with van der Waals surface area (Å²) in [4.78, 5) is 26.0. The van der Waals surface area contributed by atoms with Crippen molar-refractivity contribution < 1.29 is 18.7 Å². The number of benzene rings is 2. The Bertz CT molecular complexity index is 803. The van der Waals surface area contributed by atoms with Crippen LogP contribution in [0, 0.1) is 5.82 Å². The van der Waals surface area contributed by atoms with E-state index in [9.17, 15) is 14.0 Å². The van der Waals surface area contributed by atoms with Crippen LogP contribution in [0.3, 0.4) is 0 Å². The number of hydrogen-bond acceptors (Lipinski definition) is 4. The molecule has 1 fully saturated rings. The average Bonchev–Trinajstić information content (AvgIpc) is 3.17. The summed E-state index contributed by atoms with van der Waals surface area (Å²) in [5, 5.41) is 2.73. The molecular formula is C21H24FN3O3. The van der Waals surface area contributed by atoms with Gasteiger partial charge < -0.3 is 15.8 Å². The van der Waals surface area contributed by atoms with Gasteiger partial charge in [-0.1, -0.05) is 12.1 Å². The molecule has 0 saturated carbocycles. The zero-order chi connectivity index (χ0) is 19.9. The molecule has 1 heterocycles. The number of rotatable bonds is 8. The lowest BCUT2D eigenvalue weighted by Crippen LogP contribution is -2.48. The van der Waals surface area contributed by atoms with E-state index in [0.29, 0.717) is 17.9 Å². The lowest BCUT2D eigenvalue weighted by Gasteiger charge is -2.19. The van der Waals surface area contributed by atoms with E-state index >= 15 is 0 Å². The molecule has 2 aromatic rings. The SMILES string of the molecule is NC(=O)C(Cc1ccc(Oc2ccc(F)cc2)cc1)NC(=O)CN1CCCC1. The molecule has 0 spiro atoms. The fourth-order valence-corrected chi connectivity index (χ4v) is 3.17. The van der Waals surface area contributed by atoms with Crippen molar-refractivity contribution >= 4 is 11.8 Å². The molecule has 28 heavy (non-hydrogen) atoms. The van der Waals surface area contributed by atoms with Crippen molar-refractivity contribution in [3.05, 3.63) is 59.9 Å². The highest BCUT2D eigenvalue weighted by Gasteiger charge is 2.21. The van der Waals surface area contributed by atoms with Crippen LogP contribution in [0.2, 0.25) is 0 Å². The molecule has 0 bridgehead atoms. The Labute approximate surface area is 163 Å². The molecule has 2 aromatic carbocycles. The third-order valence-electron chi connectivity index (χ3n) is 4.66. The molecule has 1 saturated heterocycles. The van der Waals surface area contributed by atoms with Crippen molar-refractivity contribution in [2.24, 2.45) is 5.73 Å². The Balaban J connectivity index is 1.56. The molecule has 1 atom stereocenters. The van der Waals surface area contributed by atoms with Crippen molar-refractivity contribution in [3.63, 3.8) is 0 Å². The number of nitrogens with one attached hydrogen (secondary N) is 1. The molecule has 0 radical (unpaired) electrons. The van der Waals surface area contributed by atoms with Crippen LogP contribution in [0.4, 0.5) is 4.39 Å². The second-order valence-electron chi connectivity index (χ2n) is 6.91. The summed E-state index contributed by atoms with van der Waals surface area (Å²) >= 11 is 0. The average molecular weight is 385 g/mol. The van der Waals surface area contributed by atoms with Gasteiger partial charge in [-0.25, -0.2) is 4.39 Å². The smallest absolute Gasteiger partial charge is 0.240 e. The number of nitrogens with two attached hydrogens (primary N) is 1. The number of carbonyl (C=O) groups excluding carboxylic acids is 2. The Kier molecular flexibility index (Phi) is 6.60. The van der Waals surface area contributed by atoms with Crippen LogP contribution in [-0.2, 0) is 16.0 Å². The van der Waals surface area contributed by atoms with Crippen LogP contribution in [0.1, 0.15) is 18.4 Å². The minimum Gasteiger partial charge on any atom is -0.457 e. The van der Waals surface area contributed by atoms with E-state index in [2.05, 4.69) is 10.2 Å². The number of ether oxygens (including phenoxy) is 1. The molecular weight excluding hydrogens is 361 g/mol. The van der Waals surface area contributed by atoms with Gasteiger partial charge in [0, 0.05) is 6.42 Å². The highest BCUT2D eigenvalue weighted by Crippen LogP contribution is 2.22. The summed E-state index contributed by atoms with van der Waals surface area (Å²) in [6, 6.07) is 12.1. The van der Waals surface area contributed by atoms with E-state index in [-0.39, 0.29) is 18.3 Å². The summed E-state index contributed by atoms with van der Waals surface area (Å²) in [7, 11) is 0. The van der Waals surface area contributed by atoms with Gasteiger partial charge in [0.1, 0.15) is 23.4 Å². The first kappa shape index (κ1) is 19.8. The quantitative estimate of drug-likeness (QED) is 0.730. The van der Waals surface area contributed by atoms with Gasteiger partial charge in [-0.05, 0) is 67.9 Å². The van der Waals surface area contributed by atoms with Crippen molar-refractivity contribution in [1.82, 2.24) is 10.2 Å².